The van der Waals surface area contributed by atoms with E-state index in [9.17, 15) is 26.4 Å². The van der Waals surface area contributed by atoms with Gasteiger partial charge in [-0.25, -0.2) is 26.3 Å². The Balaban J connectivity index is 0.000000170. The first-order valence-electron chi connectivity index (χ1n) is 25.0. The first-order valence-corrected chi connectivity index (χ1v) is 28.0. The van der Waals surface area contributed by atoms with E-state index in [1.807, 2.05) is 98.8 Å². The summed E-state index contributed by atoms with van der Waals surface area (Å²) in [6.07, 6.45) is 13.9. The lowest BCUT2D eigenvalue weighted by atomic mass is 9.86. The van der Waals surface area contributed by atoms with E-state index in [1.165, 1.54) is 11.1 Å². The predicted molar refractivity (Wildman–Crippen MR) is 286 cm³/mol. The molecule has 2 fully saturated rings. The highest BCUT2D eigenvalue weighted by molar-refractivity contribution is 7.89. The summed E-state index contributed by atoms with van der Waals surface area (Å²) in [5.74, 6) is -1.25. The minimum atomic E-state index is -3.64. The molecule has 6 aromatic rings. The fraction of sp³-hybridized carbons (Fsp3) is 0.310. The van der Waals surface area contributed by atoms with Crippen molar-refractivity contribution < 1.29 is 31.5 Å². The Bertz CT molecular complexity index is 3140. The van der Waals surface area contributed by atoms with Gasteiger partial charge in [0.05, 0.1) is 33.1 Å². The first-order chi connectivity index (χ1) is 35.1. The van der Waals surface area contributed by atoms with Crippen LogP contribution < -0.4 is 20.5 Å². The number of fused-ring (bicyclic) bond motifs is 2. The Morgan fingerprint density at radius 2 is 0.986 bits per heavy atom. The Labute approximate surface area is 429 Å². The number of carboxylic acids is 1. The van der Waals surface area contributed by atoms with E-state index in [-0.39, 0.29) is 46.8 Å². The molecule has 2 heterocycles. The minimum absolute atomic E-state index is 0.00908. The van der Waals surface area contributed by atoms with Gasteiger partial charge in [-0.1, -0.05) is 97.1 Å². The number of benzene rings is 4. The molecule has 4 aliphatic carbocycles. The van der Waals surface area contributed by atoms with Gasteiger partial charge in [-0.15, -0.1) is 0 Å². The minimum Gasteiger partial charge on any atom is -0.481 e. The number of rotatable bonds is 13. The Morgan fingerprint density at radius 1 is 0.562 bits per heavy atom. The van der Waals surface area contributed by atoms with Crippen LogP contribution in [0.5, 0.6) is 0 Å². The Hall–Kier alpha value is -6.62. The Kier molecular flexibility index (Phi) is 17.3. The SMILES string of the molecule is C[C@@H](N)c1ccccn1.C[C@@H](NC(=O)C1CCC(NS(=O)(=O)c2ccc3c(c2)CC(c2ccccc2)=C3)CC1)c1ccccn1.O=C(O)C1CCC(NS(=O)(=O)c2ccc3c(c2)CC(c2ccccc2)=C3)CC1. The molecule has 4 aliphatic rings. The molecule has 4 aromatic carbocycles. The number of sulfonamides is 2. The van der Waals surface area contributed by atoms with Gasteiger partial charge in [-0.05, 0) is 171 Å². The molecule has 0 saturated heterocycles. The van der Waals surface area contributed by atoms with Gasteiger partial charge in [0.1, 0.15) is 0 Å². The van der Waals surface area contributed by atoms with Crippen molar-refractivity contribution in [2.45, 2.75) is 112 Å². The van der Waals surface area contributed by atoms with Gasteiger partial charge in [-0.3, -0.25) is 19.6 Å². The van der Waals surface area contributed by atoms with Crippen LogP contribution in [0.4, 0.5) is 0 Å². The molecule has 0 aliphatic heterocycles. The van der Waals surface area contributed by atoms with Gasteiger partial charge in [0.25, 0.3) is 0 Å². The summed E-state index contributed by atoms with van der Waals surface area (Å²) in [6, 6.07) is 41.8. The molecule has 73 heavy (non-hydrogen) atoms. The lowest BCUT2D eigenvalue weighted by Gasteiger charge is -2.29. The summed E-state index contributed by atoms with van der Waals surface area (Å²) in [4.78, 5) is 32.7. The Morgan fingerprint density at radius 3 is 1.38 bits per heavy atom. The zero-order valence-corrected chi connectivity index (χ0v) is 42.9. The molecule has 13 nitrogen and oxygen atoms in total. The van der Waals surface area contributed by atoms with Gasteiger partial charge in [0, 0.05) is 36.4 Å². The summed E-state index contributed by atoms with van der Waals surface area (Å²) in [5, 5.41) is 12.1. The fourth-order valence-corrected chi connectivity index (χ4v) is 12.5. The molecule has 0 radical (unpaired) electrons. The third kappa shape index (κ3) is 13.9. The van der Waals surface area contributed by atoms with Crippen molar-refractivity contribution in [2.24, 2.45) is 17.6 Å². The maximum Gasteiger partial charge on any atom is 0.306 e. The van der Waals surface area contributed by atoms with Crippen molar-refractivity contribution >= 4 is 55.2 Å². The van der Waals surface area contributed by atoms with E-state index in [1.54, 1.807) is 36.7 Å². The largest absolute Gasteiger partial charge is 0.481 e. The molecule has 0 unspecified atom stereocenters. The standard InChI is InChI=1S/C29H31N3O3S.C22H23NO4S.C7H10N2/c1-20(28-9-5-6-16-30-28)31-29(33)22-10-13-26(14-11-22)32-36(34,35)27-15-12-23-17-24(18-25(23)19-27)21-7-3-2-4-8-21;24-22(25)16-6-9-20(10-7-16)23-28(26,27)21-11-8-17-12-18(13-19(17)14-21)15-4-2-1-3-5-15;1-6(8)7-4-2-3-5-9-7/h2-9,12,15-17,19-20,22,26,32H,10-11,13-14,18H2,1H3,(H,31,33);1-5,8,11-12,14,16,20,23H,6-7,9-10,13H2,(H,24,25);2-6H,8H2,1H3/t20-,22?,26?;;6-/m1.1/s1. The molecular weight excluding hydrogens is 957 g/mol. The van der Waals surface area contributed by atoms with Crippen LogP contribution in [0.25, 0.3) is 23.3 Å². The quantitative estimate of drug-likeness (QED) is 0.0739. The predicted octanol–water partition coefficient (Wildman–Crippen LogP) is 9.70. The number of aromatic nitrogens is 2. The molecule has 6 N–H and O–H groups in total. The molecule has 2 aromatic heterocycles. The second kappa shape index (κ2) is 23.9. The second-order valence-corrected chi connectivity index (χ2v) is 22.8. The van der Waals surface area contributed by atoms with Crippen molar-refractivity contribution in [3.63, 3.8) is 0 Å². The van der Waals surface area contributed by atoms with Crippen molar-refractivity contribution in [1.82, 2.24) is 24.7 Å². The number of carbonyl (C=O) groups is 2. The van der Waals surface area contributed by atoms with Crippen LogP contribution in [-0.4, -0.2) is 55.9 Å². The number of aliphatic carboxylic acids is 1. The molecule has 0 bridgehead atoms. The number of pyridine rings is 2. The van der Waals surface area contributed by atoms with Crippen molar-refractivity contribution in [3.8, 4) is 0 Å². The maximum absolute atomic E-state index is 13.2. The average molecular weight is 1020 g/mol. The molecule has 10 rings (SSSR count). The van der Waals surface area contributed by atoms with Crippen LogP contribution in [0.15, 0.2) is 156 Å². The van der Waals surface area contributed by atoms with Gasteiger partial charge < -0.3 is 16.2 Å². The number of hydrogen-bond donors (Lipinski definition) is 5. The van der Waals surface area contributed by atoms with Crippen LogP contribution >= 0.6 is 0 Å². The molecule has 2 saturated carbocycles. The van der Waals surface area contributed by atoms with E-state index >= 15 is 0 Å². The number of carboxylic acid groups (broad SMARTS) is 1. The highest BCUT2D eigenvalue weighted by atomic mass is 32.2. The van der Waals surface area contributed by atoms with Gasteiger partial charge in [-0.2, -0.15) is 0 Å². The zero-order valence-electron chi connectivity index (χ0n) is 41.2. The molecule has 380 valence electrons. The van der Waals surface area contributed by atoms with Crippen molar-refractivity contribution in [1.29, 1.82) is 0 Å². The summed E-state index contributed by atoms with van der Waals surface area (Å²) in [7, 11) is -7.26. The van der Waals surface area contributed by atoms with Crippen LogP contribution in [0, 0.1) is 11.8 Å². The number of nitrogens with one attached hydrogen (secondary N) is 3. The van der Waals surface area contributed by atoms with Crippen LogP contribution in [0.2, 0.25) is 0 Å². The van der Waals surface area contributed by atoms with Crippen molar-refractivity contribution in [3.05, 3.63) is 191 Å². The van der Waals surface area contributed by atoms with Crippen LogP contribution in [0.3, 0.4) is 0 Å². The summed E-state index contributed by atoms with van der Waals surface area (Å²) in [5.41, 5.74) is 16.2. The van der Waals surface area contributed by atoms with Crippen LogP contribution in [-0.2, 0) is 42.5 Å². The normalized spacial score (nSPS) is 20.0. The van der Waals surface area contributed by atoms with E-state index in [0.717, 1.165) is 51.2 Å². The third-order valence-electron chi connectivity index (χ3n) is 14.0. The monoisotopic (exact) mass is 1020 g/mol. The lowest BCUT2D eigenvalue weighted by Crippen LogP contribution is -2.41. The number of allylic oxidation sites excluding steroid dienone is 2. The van der Waals surface area contributed by atoms with E-state index < -0.39 is 26.0 Å². The molecule has 1 amide bonds. The van der Waals surface area contributed by atoms with Gasteiger partial charge in [0.15, 0.2) is 0 Å². The average Bonchev–Trinajstić information content (AvgIpc) is 4.05. The number of nitrogens with zero attached hydrogens (tertiary/aromatic N) is 2. The number of amides is 1. The number of nitrogens with two attached hydrogens (primary N) is 1. The van der Waals surface area contributed by atoms with E-state index in [2.05, 4.69) is 61.1 Å². The summed E-state index contributed by atoms with van der Waals surface area (Å²) in [6.45, 7) is 3.84. The number of carbonyl (C=O) groups excluding carboxylic acids is 1. The van der Waals surface area contributed by atoms with Gasteiger partial charge >= 0.3 is 5.97 Å². The smallest absolute Gasteiger partial charge is 0.306 e. The van der Waals surface area contributed by atoms with Crippen LogP contribution in [0.1, 0.15) is 122 Å². The maximum atomic E-state index is 13.2. The molecule has 2 atom stereocenters. The molecule has 0 spiro atoms. The first kappa shape index (κ1) is 52.7. The fourth-order valence-electron chi connectivity index (χ4n) is 9.84. The summed E-state index contributed by atoms with van der Waals surface area (Å²) < 4.78 is 57.6. The zero-order chi connectivity index (χ0) is 51.5. The number of hydrogen-bond acceptors (Lipinski definition) is 9. The topological polar surface area (TPSA) is 211 Å². The highest BCUT2D eigenvalue weighted by Crippen LogP contribution is 2.35. The lowest BCUT2D eigenvalue weighted by molar-refractivity contribution is -0.142. The molecule has 15 heteroatoms. The van der Waals surface area contributed by atoms with E-state index in [0.29, 0.717) is 62.7 Å². The third-order valence-corrected chi connectivity index (χ3v) is 17.1. The van der Waals surface area contributed by atoms with E-state index in [4.69, 9.17) is 10.8 Å². The van der Waals surface area contributed by atoms with Gasteiger partial charge in [0.2, 0.25) is 26.0 Å². The summed E-state index contributed by atoms with van der Waals surface area (Å²) >= 11 is 0. The highest BCUT2D eigenvalue weighted by Gasteiger charge is 2.32. The van der Waals surface area contributed by atoms with Crippen molar-refractivity contribution in [2.75, 3.05) is 0 Å². The second-order valence-electron chi connectivity index (χ2n) is 19.4. The molecular formula is C58H64N6O7S2.